The van der Waals surface area contributed by atoms with Crippen LogP contribution in [0.25, 0.3) is 6.08 Å². The van der Waals surface area contributed by atoms with Gasteiger partial charge in [0.25, 0.3) is 0 Å². The van der Waals surface area contributed by atoms with E-state index in [1.165, 1.54) is 13.0 Å². The molecule has 1 saturated heterocycles. The lowest BCUT2D eigenvalue weighted by Crippen LogP contribution is -2.72. The lowest BCUT2D eigenvalue weighted by molar-refractivity contribution is -0.171. The minimum Gasteiger partial charge on any atom is -0.506 e. The van der Waals surface area contributed by atoms with E-state index >= 15 is 0 Å². The molecule has 4 bridgehead atoms. The van der Waals surface area contributed by atoms with Crippen LogP contribution in [0.5, 0.6) is 17.2 Å². The molecule has 0 amide bonds. The van der Waals surface area contributed by atoms with Gasteiger partial charge in [0.2, 0.25) is 0 Å². The molecule has 1 aromatic rings. The van der Waals surface area contributed by atoms with Crippen molar-refractivity contribution in [2.45, 2.75) is 109 Å². The average molecular weight is 645 g/mol. The number of hydrogen-bond acceptors (Lipinski definition) is 8. The monoisotopic (exact) mass is 644 g/mol. The Morgan fingerprint density at radius 3 is 2.40 bits per heavy atom. The van der Waals surface area contributed by atoms with Crippen molar-refractivity contribution < 1.29 is 43.9 Å². The van der Waals surface area contributed by atoms with Gasteiger partial charge in [0.15, 0.2) is 22.8 Å². The number of aliphatic carboxylic acids is 1. The summed E-state index contributed by atoms with van der Waals surface area (Å²) in [6.07, 6.45) is 13.3. The third-order valence-corrected chi connectivity index (χ3v) is 10.3. The van der Waals surface area contributed by atoms with E-state index in [0.29, 0.717) is 36.1 Å². The van der Waals surface area contributed by atoms with Gasteiger partial charge in [-0.15, -0.1) is 0 Å². The number of carbonyl (C=O) groups excluding carboxylic acids is 2. The zero-order valence-electron chi connectivity index (χ0n) is 28.3. The maximum atomic E-state index is 14.7. The number of phenols is 1. The first-order chi connectivity index (χ1) is 21.8. The van der Waals surface area contributed by atoms with Gasteiger partial charge in [0.1, 0.15) is 28.4 Å². The molecule has 0 aromatic heterocycles. The maximum Gasteiger partial charge on any atom is 0.330 e. The topological polar surface area (TPSA) is 140 Å². The normalized spacial score (nSPS) is 31.5. The van der Waals surface area contributed by atoms with E-state index in [2.05, 4.69) is 0 Å². The van der Waals surface area contributed by atoms with Gasteiger partial charge in [0, 0.05) is 41.4 Å². The molecule has 1 aromatic carbocycles. The molecular weight excluding hydrogens is 600 g/mol. The van der Waals surface area contributed by atoms with Gasteiger partial charge in [-0.25, -0.2) is 4.79 Å². The SMILES string of the molecule is CC(C)=CCc1c2c(c(O)c3c1O[C@]14C(=C[C@@H]5C[C@H]1C(C)(C)O[C@@]4(CC=C(C)C(=O)O)C5=O)C3=O)C=C[C@@](C)(CC=CC(C)(C)O)O2. The summed E-state index contributed by atoms with van der Waals surface area (Å²) in [4.78, 5) is 40.8. The standard InChI is InChI=1S/C38H44O9/c1-20(2)10-11-24-30-23(13-16-36(8,45-30)15-9-14-34(4,5)44)28(39)27-29(40)25-18-22-19-26-35(6,7)47-37(32(22)41,17-12-21(3)33(42)43)38(25,26)46-31(24)27/h9-10,12-14,16,18,22,26,39,44H,11,15,17,19H2,1-8H3,(H,42,43)/t22-,26+,36-,37+,38-/m1/s1. The van der Waals surface area contributed by atoms with Crippen LogP contribution in [0.1, 0.15) is 96.1 Å². The van der Waals surface area contributed by atoms with Crippen LogP contribution in [0.4, 0.5) is 0 Å². The van der Waals surface area contributed by atoms with Crippen LogP contribution in [-0.4, -0.2) is 60.9 Å². The summed E-state index contributed by atoms with van der Waals surface area (Å²) in [5.74, 6) is -2.58. The third-order valence-electron chi connectivity index (χ3n) is 10.3. The molecule has 5 atom stereocenters. The average Bonchev–Trinajstić information content (AvgIpc) is 3.11. The van der Waals surface area contributed by atoms with Gasteiger partial charge in [-0.2, -0.15) is 0 Å². The smallest absolute Gasteiger partial charge is 0.330 e. The Hall–Kier alpha value is -3.95. The van der Waals surface area contributed by atoms with E-state index in [0.717, 1.165) is 5.57 Å². The van der Waals surface area contributed by atoms with Crippen molar-refractivity contribution >= 4 is 23.6 Å². The Balaban J connectivity index is 1.58. The highest BCUT2D eigenvalue weighted by molar-refractivity contribution is 6.19. The number of benzene rings is 1. The number of carboxylic acids is 1. The van der Waals surface area contributed by atoms with Gasteiger partial charge >= 0.3 is 5.97 Å². The van der Waals surface area contributed by atoms with E-state index in [-0.39, 0.29) is 40.4 Å². The van der Waals surface area contributed by atoms with E-state index in [1.54, 1.807) is 32.1 Å². The summed E-state index contributed by atoms with van der Waals surface area (Å²) >= 11 is 0. The number of hydrogen-bond donors (Lipinski definition) is 3. The molecule has 6 aliphatic rings. The Bertz CT molecular complexity index is 1760. The number of allylic oxidation sites excluding steroid dienone is 3. The van der Waals surface area contributed by atoms with Crippen LogP contribution in [0.3, 0.4) is 0 Å². The highest BCUT2D eigenvalue weighted by Crippen LogP contribution is 2.68. The summed E-state index contributed by atoms with van der Waals surface area (Å²) in [5.41, 5.74) is -3.67. The number of rotatable bonds is 8. The van der Waals surface area contributed by atoms with Crippen molar-refractivity contribution in [3.8, 4) is 17.2 Å². The summed E-state index contributed by atoms with van der Waals surface area (Å²) in [5, 5.41) is 31.6. The summed E-state index contributed by atoms with van der Waals surface area (Å²) in [6.45, 7) is 14.4. The second-order valence-corrected chi connectivity index (χ2v) is 15.2. The molecule has 3 aliphatic carbocycles. The number of aliphatic hydroxyl groups is 1. The van der Waals surface area contributed by atoms with Crippen molar-refractivity contribution in [1.82, 2.24) is 0 Å². The van der Waals surface area contributed by atoms with Crippen LogP contribution in [0.15, 0.2) is 53.2 Å². The number of phenolic OH excluding ortho intramolecular Hbond substituents is 1. The first kappa shape index (κ1) is 33.0. The zero-order valence-corrected chi connectivity index (χ0v) is 28.3. The summed E-state index contributed by atoms with van der Waals surface area (Å²) in [7, 11) is 0. The van der Waals surface area contributed by atoms with E-state index in [4.69, 9.17) is 14.2 Å². The first-order valence-electron chi connectivity index (χ1n) is 16.2. The minimum atomic E-state index is -1.66. The van der Waals surface area contributed by atoms with Crippen molar-refractivity contribution in [1.29, 1.82) is 0 Å². The van der Waals surface area contributed by atoms with Crippen LogP contribution in [0.2, 0.25) is 0 Å². The molecule has 2 fully saturated rings. The molecular formula is C38H44O9. The molecule has 3 N–H and O–H groups in total. The second-order valence-electron chi connectivity index (χ2n) is 15.2. The highest BCUT2D eigenvalue weighted by atomic mass is 16.6. The fourth-order valence-electron chi connectivity index (χ4n) is 8.08. The fraction of sp³-hybridized carbons (Fsp3) is 0.500. The van der Waals surface area contributed by atoms with Crippen molar-refractivity contribution in [2.75, 3.05) is 0 Å². The van der Waals surface area contributed by atoms with Gasteiger partial charge in [0.05, 0.1) is 16.8 Å². The lowest BCUT2D eigenvalue weighted by atomic mass is 9.51. The number of Topliss-reactive ketones (excluding diaryl/α,β-unsaturated/α-hetero) is 2. The Morgan fingerprint density at radius 2 is 1.77 bits per heavy atom. The molecule has 9 heteroatoms. The van der Waals surface area contributed by atoms with E-state index in [9.17, 15) is 29.7 Å². The zero-order chi connectivity index (χ0) is 34.5. The first-order valence-corrected chi connectivity index (χ1v) is 16.2. The largest absolute Gasteiger partial charge is 0.506 e. The number of fused-ring (bicyclic) bond motifs is 2. The number of aromatic hydroxyl groups is 1. The van der Waals surface area contributed by atoms with Crippen LogP contribution in [-0.2, 0) is 20.7 Å². The fourth-order valence-corrected chi connectivity index (χ4v) is 8.08. The van der Waals surface area contributed by atoms with E-state index < -0.39 is 51.6 Å². The molecule has 3 aliphatic heterocycles. The maximum absolute atomic E-state index is 14.7. The number of ketones is 2. The van der Waals surface area contributed by atoms with Crippen molar-refractivity contribution in [3.05, 3.63) is 69.9 Å². The minimum absolute atomic E-state index is 0.0150. The molecule has 0 radical (unpaired) electrons. The van der Waals surface area contributed by atoms with Gasteiger partial charge < -0.3 is 29.5 Å². The predicted octanol–water partition coefficient (Wildman–Crippen LogP) is 6.21. The van der Waals surface area contributed by atoms with Gasteiger partial charge in [-0.1, -0.05) is 36.0 Å². The number of carboxylic acid groups (broad SMARTS) is 1. The molecule has 0 unspecified atom stereocenters. The number of carbonyl (C=O) groups is 3. The molecule has 9 nitrogen and oxygen atoms in total. The van der Waals surface area contributed by atoms with E-state index in [1.807, 2.05) is 52.8 Å². The number of ether oxygens (including phenoxy) is 3. The summed E-state index contributed by atoms with van der Waals surface area (Å²) in [6, 6.07) is 0. The highest BCUT2D eigenvalue weighted by Gasteiger charge is 2.81. The molecule has 3 heterocycles. The predicted molar refractivity (Wildman–Crippen MR) is 176 cm³/mol. The third kappa shape index (κ3) is 4.84. The molecule has 1 saturated carbocycles. The van der Waals surface area contributed by atoms with Crippen molar-refractivity contribution in [3.63, 3.8) is 0 Å². The molecule has 1 spiro atoms. The quantitative estimate of drug-likeness (QED) is 0.223. The van der Waals surface area contributed by atoms with Gasteiger partial charge in [-0.05, 0) is 80.4 Å². The summed E-state index contributed by atoms with van der Waals surface area (Å²) < 4.78 is 20.5. The molecule has 47 heavy (non-hydrogen) atoms. The van der Waals surface area contributed by atoms with Crippen molar-refractivity contribution in [2.24, 2.45) is 11.8 Å². The van der Waals surface area contributed by atoms with Crippen LogP contribution < -0.4 is 9.47 Å². The molecule has 7 rings (SSSR count). The lowest BCUT2D eigenvalue weighted by Gasteiger charge is -2.56. The van der Waals surface area contributed by atoms with Crippen LogP contribution >= 0.6 is 0 Å². The Labute approximate surface area is 275 Å². The molecule has 250 valence electrons. The second kappa shape index (κ2) is 10.5. The van der Waals surface area contributed by atoms with Gasteiger partial charge in [-0.3, -0.25) is 9.59 Å². The Kier molecular flexibility index (Phi) is 7.38. The Morgan fingerprint density at radius 1 is 1.06 bits per heavy atom. The van der Waals surface area contributed by atoms with Crippen LogP contribution in [0, 0.1) is 11.8 Å².